The maximum absolute atomic E-state index is 3.89. The molecule has 0 aromatic rings. The van der Waals surface area contributed by atoms with Crippen molar-refractivity contribution in [2.75, 3.05) is 6.54 Å². The van der Waals surface area contributed by atoms with Crippen LogP contribution in [-0.2, 0) is 0 Å². The molecule has 0 amide bonds. The molecule has 0 saturated heterocycles. The molecule has 0 radical (unpaired) electrons. The Labute approximate surface area is 82.6 Å². The summed E-state index contributed by atoms with van der Waals surface area (Å²) in [4.78, 5) is 0. The Hall–Kier alpha value is -0.300. The fraction of sp³-hybridized carbons (Fsp3) is 0.833. The summed E-state index contributed by atoms with van der Waals surface area (Å²) in [7, 11) is 0. The topological polar surface area (TPSA) is 12.0 Å². The lowest BCUT2D eigenvalue weighted by atomic mass is 9.73. The van der Waals surface area contributed by atoms with Crippen LogP contribution in [0.25, 0.3) is 0 Å². The standard InChI is InChI=1S/C12H23N/c1-9(2)8-13-11(4)7-12-5-10(3)6-12/h10-13H,1,5-8H2,2-4H3. The molecule has 1 aliphatic rings. The minimum Gasteiger partial charge on any atom is -0.311 e. The summed E-state index contributed by atoms with van der Waals surface area (Å²) < 4.78 is 0. The van der Waals surface area contributed by atoms with Gasteiger partial charge in [0, 0.05) is 12.6 Å². The van der Waals surface area contributed by atoms with Crippen molar-refractivity contribution in [1.29, 1.82) is 0 Å². The molecule has 13 heavy (non-hydrogen) atoms. The first-order valence-corrected chi connectivity index (χ1v) is 5.45. The van der Waals surface area contributed by atoms with Gasteiger partial charge in [0.2, 0.25) is 0 Å². The molecule has 1 atom stereocenters. The maximum Gasteiger partial charge on any atom is 0.0161 e. The number of rotatable bonds is 5. The van der Waals surface area contributed by atoms with E-state index in [4.69, 9.17) is 0 Å². The zero-order valence-electron chi connectivity index (χ0n) is 9.27. The highest BCUT2D eigenvalue weighted by molar-refractivity contribution is 4.91. The first-order valence-electron chi connectivity index (χ1n) is 5.45. The molecule has 0 spiro atoms. The average Bonchev–Trinajstić information content (AvgIpc) is 1.98. The zero-order valence-corrected chi connectivity index (χ0v) is 9.27. The summed E-state index contributed by atoms with van der Waals surface area (Å²) in [5.74, 6) is 1.97. The van der Waals surface area contributed by atoms with Crippen molar-refractivity contribution in [2.24, 2.45) is 11.8 Å². The first kappa shape index (κ1) is 10.8. The molecule has 1 saturated carbocycles. The van der Waals surface area contributed by atoms with Gasteiger partial charge < -0.3 is 5.32 Å². The highest BCUT2D eigenvalue weighted by atomic mass is 14.9. The van der Waals surface area contributed by atoms with E-state index in [1.54, 1.807) is 0 Å². The molecule has 0 aliphatic heterocycles. The minimum absolute atomic E-state index is 0.661. The van der Waals surface area contributed by atoms with Crippen molar-refractivity contribution in [1.82, 2.24) is 5.32 Å². The molecule has 1 N–H and O–H groups in total. The van der Waals surface area contributed by atoms with Gasteiger partial charge in [-0.25, -0.2) is 0 Å². The largest absolute Gasteiger partial charge is 0.311 e. The summed E-state index contributed by atoms with van der Waals surface area (Å²) in [6, 6.07) is 0.661. The van der Waals surface area contributed by atoms with Gasteiger partial charge in [-0.2, -0.15) is 0 Å². The summed E-state index contributed by atoms with van der Waals surface area (Å²) in [6.45, 7) is 11.6. The Morgan fingerprint density at radius 3 is 2.62 bits per heavy atom. The van der Waals surface area contributed by atoms with Crippen molar-refractivity contribution in [3.63, 3.8) is 0 Å². The summed E-state index contributed by atoms with van der Waals surface area (Å²) in [5.41, 5.74) is 1.23. The normalized spacial score (nSPS) is 29.5. The van der Waals surface area contributed by atoms with Crippen LogP contribution in [-0.4, -0.2) is 12.6 Å². The molecule has 76 valence electrons. The van der Waals surface area contributed by atoms with Gasteiger partial charge >= 0.3 is 0 Å². The number of nitrogens with one attached hydrogen (secondary N) is 1. The van der Waals surface area contributed by atoms with Crippen LogP contribution in [0.4, 0.5) is 0 Å². The van der Waals surface area contributed by atoms with E-state index in [9.17, 15) is 0 Å². The Bertz CT molecular complexity index is 168. The lowest BCUT2D eigenvalue weighted by Crippen LogP contribution is -2.33. The van der Waals surface area contributed by atoms with Crippen LogP contribution in [0.15, 0.2) is 12.2 Å². The van der Waals surface area contributed by atoms with E-state index in [0.29, 0.717) is 6.04 Å². The molecule has 1 heteroatoms. The molecule has 1 aliphatic carbocycles. The molecule has 0 aromatic carbocycles. The predicted octanol–water partition coefficient (Wildman–Crippen LogP) is 2.98. The second-order valence-electron chi connectivity index (χ2n) is 4.92. The van der Waals surface area contributed by atoms with Crippen molar-refractivity contribution < 1.29 is 0 Å². The SMILES string of the molecule is C=C(C)CNC(C)CC1CC(C)C1. The quantitative estimate of drug-likeness (QED) is 0.643. The van der Waals surface area contributed by atoms with Gasteiger partial charge in [-0.15, -0.1) is 0 Å². The predicted molar refractivity (Wildman–Crippen MR) is 58.8 cm³/mol. The monoisotopic (exact) mass is 181 g/mol. The molecule has 1 rings (SSSR count). The van der Waals surface area contributed by atoms with Crippen molar-refractivity contribution in [3.8, 4) is 0 Å². The highest BCUT2D eigenvalue weighted by Gasteiger charge is 2.26. The van der Waals surface area contributed by atoms with E-state index < -0.39 is 0 Å². The van der Waals surface area contributed by atoms with Crippen molar-refractivity contribution >= 4 is 0 Å². The fourth-order valence-corrected chi connectivity index (χ4v) is 2.19. The van der Waals surface area contributed by atoms with Crippen LogP contribution < -0.4 is 5.32 Å². The second kappa shape index (κ2) is 4.80. The van der Waals surface area contributed by atoms with Crippen LogP contribution in [0, 0.1) is 11.8 Å². The Morgan fingerprint density at radius 1 is 1.54 bits per heavy atom. The Morgan fingerprint density at radius 2 is 2.15 bits per heavy atom. The van der Waals surface area contributed by atoms with Gasteiger partial charge in [0.15, 0.2) is 0 Å². The molecule has 0 aromatic heterocycles. The molecule has 1 nitrogen and oxygen atoms in total. The highest BCUT2D eigenvalue weighted by Crippen LogP contribution is 2.36. The third-order valence-electron chi connectivity index (χ3n) is 2.91. The van der Waals surface area contributed by atoms with Crippen LogP contribution in [0.1, 0.15) is 40.0 Å². The smallest absolute Gasteiger partial charge is 0.0161 e. The van der Waals surface area contributed by atoms with E-state index >= 15 is 0 Å². The molecule has 1 fully saturated rings. The number of hydrogen-bond acceptors (Lipinski definition) is 1. The van der Waals surface area contributed by atoms with Crippen molar-refractivity contribution in [2.45, 2.75) is 46.1 Å². The lowest BCUT2D eigenvalue weighted by molar-refractivity contribution is 0.185. The zero-order chi connectivity index (χ0) is 9.84. The van der Waals surface area contributed by atoms with Gasteiger partial charge in [0.05, 0.1) is 0 Å². The van der Waals surface area contributed by atoms with E-state index in [-0.39, 0.29) is 0 Å². The summed E-state index contributed by atoms with van der Waals surface area (Å²) in [5, 5.41) is 3.50. The van der Waals surface area contributed by atoms with Gasteiger partial charge in [0.1, 0.15) is 0 Å². The maximum atomic E-state index is 3.89. The molecular formula is C12H23N. The van der Waals surface area contributed by atoms with Crippen LogP contribution >= 0.6 is 0 Å². The molecule has 0 bridgehead atoms. The lowest BCUT2D eigenvalue weighted by Gasteiger charge is -2.34. The minimum atomic E-state index is 0.661. The number of hydrogen-bond donors (Lipinski definition) is 1. The summed E-state index contributed by atoms with van der Waals surface area (Å²) in [6.07, 6.45) is 4.23. The molecule has 1 unspecified atom stereocenters. The van der Waals surface area contributed by atoms with E-state index in [1.807, 2.05) is 0 Å². The van der Waals surface area contributed by atoms with E-state index in [2.05, 4.69) is 32.7 Å². The van der Waals surface area contributed by atoms with Gasteiger partial charge in [-0.3, -0.25) is 0 Å². The van der Waals surface area contributed by atoms with E-state index in [1.165, 1.54) is 24.8 Å². The summed E-state index contributed by atoms with van der Waals surface area (Å²) >= 11 is 0. The van der Waals surface area contributed by atoms with Crippen molar-refractivity contribution in [3.05, 3.63) is 12.2 Å². The second-order valence-corrected chi connectivity index (χ2v) is 4.92. The van der Waals surface area contributed by atoms with Crippen LogP contribution in [0.5, 0.6) is 0 Å². The van der Waals surface area contributed by atoms with Crippen LogP contribution in [0.2, 0.25) is 0 Å². The van der Waals surface area contributed by atoms with E-state index in [0.717, 1.165) is 18.4 Å². The third-order valence-corrected chi connectivity index (χ3v) is 2.91. The Kier molecular flexibility index (Phi) is 3.98. The first-order chi connectivity index (χ1) is 6.08. The van der Waals surface area contributed by atoms with Gasteiger partial charge in [-0.1, -0.05) is 19.1 Å². The van der Waals surface area contributed by atoms with Gasteiger partial charge in [0.25, 0.3) is 0 Å². The van der Waals surface area contributed by atoms with Gasteiger partial charge in [-0.05, 0) is 44.9 Å². The van der Waals surface area contributed by atoms with Crippen LogP contribution in [0.3, 0.4) is 0 Å². The third kappa shape index (κ3) is 3.95. The Balaban J connectivity index is 2.04. The molecular weight excluding hydrogens is 158 g/mol. The fourth-order valence-electron chi connectivity index (χ4n) is 2.19. The average molecular weight is 181 g/mol. The molecule has 0 heterocycles.